The fourth-order valence-corrected chi connectivity index (χ4v) is 2.33. The maximum Gasteiger partial charge on any atom is 0.279 e. The van der Waals surface area contributed by atoms with E-state index in [9.17, 15) is 14.4 Å². The van der Waals surface area contributed by atoms with Crippen LogP contribution in [0.1, 0.15) is 0 Å². The molecule has 7 heteroatoms. The Kier molecular flexibility index (Phi) is 2.81. The van der Waals surface area contributed by atoms with Crippen LogP contribution in [0, 0.1) is 0 Å². The van der Waals surface area contributed by atoms with E-state index in [4.69, 9.17) is 0 Å². The number of nitrogens with zero attached hydrogens (tertiary/aromatic N) is 1. The average Bonchev–Trinajstić information content (AvgIpc) is 2.64. The third kappa shape index (κ3) is 2.23. The summed E-state index contributed by atoms with van der Waals surface area (Å²) in [6, 6.07) is -0.464. The number of amides is 3. The van der Waals surface area contributed by atoms with Crippen LogP contribution < -0.4 is 10.6 Å². The van der Waals surface area contributed by atoms with Gasteiger partial charge in [-0.15, -0.1) is 0 Å². The standard InChI is InChI=1S/C8H11N3O3S/c12-6-3-11(2-1-9-6)7(13)5-4-15-8(14)10-5/h5H,1-4H2,(H,9,12)(H,10,14). The molecule has 0 spiro atoms. The number of hydrogen-bond acceptors (Lipinski definition) is 4. The topological polar surface area (TPSA) is 78.5 Å². The molecule has 2 N–H and O–H groups in total. The molecule has 1 unspecified atom stereocenters. The van der Waals surface area contributed by atoms with Gasteiger partial charge >= 0.3 is 0 Å². The third-order valence-corrected chi connectivity index (χ3v) is 3.20. The Balaban J connectivity index is 1.95. The van der Waals surface area contributed by atoms with Crippen LogP contribution in [0.15, 0.2) is 0 Å². The summed E-state index contributed by atoms with van der Waals surface area (Å²) in [5.41, 5.74) is 0. The molecule has 6 nitrogen and oxygen atoms in total. The Hall–Kier alpha value is -1.24. The zero-order valence-corrected chi connectivity index (χ0v) is 8.80. The minimum absolute atomic E-state index is 0.0931. The van der Waals surface area contributed by atoms with Crippen molar-refractivity contribution in [2.45, 2.75) is 6.04 Å². The van der Waals surface area contributed by atoms with Crippen molar-refractivity contribution in [2.75, 3.05) is 25.4 Å². The van der Waals surface area contributed by atoms with Crippen molar-refractivity contribution in [3.05, 3.63) is 0 Å². The Bertz CT molecular complexity index is 320. The molecule has 1 atom stereocenters. The first-order valence-corrected chi connectivity index (χ1v) is 5.64. The molecule has 2 heterocycles. The first-order valence-electron chi connectivity index (χ1n) is 4.65. The van der Waals surface area contributed by atoms with Crippen molar-refractivity contribution < 1.29 is 14.4 Å². The van der Waals surface area contributed by atoms with Gasteiger partial charge in [-0.2, -0.15) is 0 Å². The number of carbonyl (C=O) groups excluding carboxylic acids is 3. The van der Waals surface area contributed by atoms with Crippen LogP contribution >= 0.6 is 11.8 Å². The molecular weight excluding hydrogens is 218 g/mol. The number of nitrogens with one attached hydrogen (secondary N) is 2. The number of carbonyl (C=O) groups is 3. The lowest BCUT2D eigenvalue weighted by atomic mass is 10.2. The van der Waals surface area contributed by atoms with Gasteiger partial charge in [0.05, 0.1) is 6.54 Å². The van der Waals surface area contributed by atoms with Crippen molar-refractivity contribution in [1.82, 2.24) is 15.5 Å². The highest BCUT2D eigenvalue weighted by atomic mass is 32.2. The van der Waals surface area contributed by atoms with Gasteiger partial charge in [-0.05, 0) is 0 Å². The van der Waals surface area contributed by atoms with Gasteiger partial charge in [0.15, 0.2) is 0 Å². The van der Waals surface area contributed by atoms with Crippen LogP contribution in [0.2, 0.25) is 0 Å². The monoisotopic (exact) mass is 229 g/mol. The van der Waals surface area contributed by atoms with Gasteiger partial charge in [-0.25, -0.2) is 0 Å². The van der Waals surface area contributed by atoms with Gasteiger partial charge in [-0.1, -0.05) is 11.8 Å². The van der Waals surface area contributed by atoms with E-state index in [2.05, 4.69) is 10.6 Å². The number of hydrogen-bond donors (Lipinski definition) is 2. The maximum absolute atomic E-state index is 11.8. The Labute approximate surface area is 90.7 Å². The summed E-state index contributed by atoms with van der Waals surface area (Å²) in [4.78, 5) is 35.3. The van der Waals surface area contributed by atoms with E-state index in [1.165, 1.54) is 4.90 Å². The minimum atomic E-state index is -0.464. The SMILES string of the molecule is O=C1CN(C(=O)C2CSC(=O)N2)CCN1. The fourth-order valence-electron chi connectivity index (χ4n) is 1.56. The van der Waals surface area contributed by atoms with Crippen molar-refractivity contribution in [2.24, 2.45) is 0 Å². The summed E-state index contributed by atoms with van der Waals surface area (Å²) in [7, 11) is 0. The second kappa shape index (κ2) is 4.09. The predicted molar refractivity (Wildman–Crippen MR) is 54.4 cm³/mol. The lowest BCUT2D eigenvalue weighted by molar-refractivity contribution is -0.139. The second-order valence-electron chi connectivity index (χ2n) is 3.41. The molecule has 0 radical (unpaired) electrons. The van der Waals surface area contributed by atoms with Crippen molar-refractivity contribution in [3.63, 3.8) is 0 Å². The van der Waals surface area contributed by atoms with E-state index in [1.54, 1.807) is 0 Å². The molecule has 82 valence electrons. The molecule has 0 aromatic carbocycles. The number of thioether (sulfide) groups is 1. The molecule has 0 aromatic rings. The molecule has 2 aliphatic rings. The molecule has 0 aromatic heterocycles. The fraction of sp³-hybridized carbons (Fsp3) is 0.625. The van der Waals surface area contributed by atoms with Gasteiger partial charge < -0.3 is 15.5 Å². The highest BCUT2D eigenvalue weighted by molar-refractivity contribution is 8.14. The summed E-state index contributed by atoms with van der Waals surface area (Å²) in [6.07, 6.45) is 0. The maximum atomic E-state index is 11.8. The smallest absolute Gasteiger partial charge is 0.279 e. The van der Waals surface area contributed by atoms with Crippen LogP contribution in [0.5, 0.6) is 0 Å². The highest BCUT2D eigenvalue weighted by Crippen LogP contribution is 2.15. The van der Waals surface area contributed by atoms with E-state index in [-0.39, 0.29) is 23.6 Å². The van der Waals surface area contributed by atoms with Gasteiger partial charge in [0.2, 0.25) is 11.8 Å². The zero-order valence-electron chi connectivity index (χ0n) is 7.99. The van der Waals surface area contributed by atoms with Crippen molar-refractivity contribution >= 4 is 28.8 Å². The van der Waals surface area contributed by atoms with Crippen LogP contribution in [0.4, 0.5) is 4.79 Å². The van der Waals surface area contributed by atoms with E-state index in [0.29, 0.717) is 18.8 Å². The highest BCUT2D eigenvalue weighted by Gasteiger charge is 2.33. The average molecular weight is 229 g/mol. The second-order valence-corrected chi connectivity index (χ2v) is 4.40. The molecular formula is C8H11N3O3S. The van der Waals surface area contributed by atoms with Crippen LogP contribution in [0.3, 0.4) is 0 Å². The summed E-state index contributed by atoms with van der Waals surface area (Å²) in [5, 5.41) is 5.04. The summed E-state index contributed by atoms with van der Waals surface area (Å²) >= 11 is 1.10. The molecule has 2 fully saturated rings. The lowest BCUT2D eigenvalue weighted by Gasteiger charge is -2.28. The lowest BCUT2D eigenvalue weighted by Crippen LogP contribution is -2.54. The van der Waals surface area contributed by atoms with Crippen molar-refractivity contribution in [3.8, 4) is 0 Å². The normalized spacial score (nSPS) is 26.1. The van der Waals surface area contributed by atoms with E-state index < -0.39 is 6.04 Å². The molecule has 0 saturated carbocycles. The molecule has 3 amide bonds. The first-order chi connectivity index (χ1) is 7.16. The third-order valence-electron chi connectivity index (χ3n) is 2.32. The number of rotatable bonds is 1. The molecule has 0 aliphatic carbocycles. The summed E-state index contributed by atoms with van der Waals surface area (Å²) in [6.45, 7) is 1.09. The van der Waals surface area contributed by atoms with E-state index in [1.807, 2.05) is 0 Å². The first kappa shape index (κ1) is 10.3. The quantitative estimate of drug-likeness (QED) is 0.590. The van der Waals surface area contributed by atoms with Crippen LogP contribution in [-0.2, 0) is 9.59 Å². The molecule has 2 saturated heterocycles. The van der Waals surface area contributed by atoms with Gasteiger partial charge in [0.1, 0.15) is 6.04 Å². The summed E-state index contributed by atoms with van der Waals surface area (Å²) < 4.78 is 0. The number of piperazine rings is 1. The Morgan fingerprint density at radius 1 is 1.47 bits per heavy atom. The molecule has 0 bridgehead atoms. The van der Waals surface area contributed by atoms with Crippen LogP contribution in [0.25, 0.3) is 0 Å². The van der Waals surface area contributed by atoms with Crippen LogP contribution in [-0.4, -0.2) is 53.4 Å². The zero-order chi connectivity index (χ0) is 10.8. The van der Waals surface area contributed by atoms with Crippen molar-refractivity contribution in [1.29, 1.82) is 0 Å². The van der Waals surface area contributed by atoms with Gasteiger partial charge in [0.25, 0.3) is 5.24 Å². The largest absolute Gasteiger partial charge is 0.353 e. The van der Waals surface area contributed by atoms with Gasteiger partial charge in [-0.3, -0.25) is 14.4 Å². The predicted octanol–water partition coefficient (Wildman–Crippen LogP) is -1.23. The molecule has 2 aliphatic heterocycles. The minimum Gasteiger partial charge on any atom is -0.353 e. The van der Waals surface area contributed by atoms with E-state index >= 15 is 0 Å². The van der Waals surface area contributed by atoms with Gasteiger partial charge in [0, 0.05) is 18.8 Å². The molecule has 15 heavy (non-hydrogen) atoms. The summed E-state index contributed by atoms with van der Waals surface area (Å²) in [5.74, 6) is 0.144. The van der Waals surface area contributed by atoms with E-state index in [0.717, 1.165) is 11.8 Å². The Morgan fingerprint density at radius 3 is 2.87 bits per heavy atom. The molecule has 2 rings (SSSR count). The Morgan fingerprint density at radius 2 is 2.27 bits per heavy atom.